The molecule has 154 valence electrons. The molecule has 6 N–H and O–H groups in total. The maximum atomic E-state index is 11.7. The summed E-state index contributed by atoms with van der Waals surface area (Å²) in [6.45, 7) is -0.461. The minimum Gasteiger partial charge on any atom is -0.480 e. The minimum absolute atomic E-state index is 0.135. The van der Waals surface area contributed by atoms with Crippen LogP contribution in [-0.2, 0) is 16.0 Å². The maximum absolute atomic E-state index is 11.7. The van der Waals surface area contributed by atoms with E-state index in [0.717, 1.165) is 0 Å². The van der Waals surface area contributed by atoms with Gasteiger partial charge >= 0.3 is 5.97 Å². The Hall–Kier alpha value is -3.13. The number of rotatable bonds is 7. The third kappa shape index (κ3) is 3.51. The Morgan fingerprint density at radius 3 is 2.79 bits per heavy atom. The highest BCUT2D eigenvalue weighted by molar-refractivity contribution is 5.86. The van der Waals surface area contributed by atoms with Crippen LogP contribution in [0.1, 0.15) is 11.9 Å². The van der Waals surface area contributed by atoms with Gasteiger partial charge in [-0.15, -0.1) is 0 Å². The topological polar surface area (TPSA) is 192 Å². The molecule has 0 bridgehead atoms. The van der Waals surface area contributed by atoms with Crippen molar-refractivity contribution in [3.05, 3.63) is 30.9 Å². The number of aromatic nitrogens is 6. The minimum atomic E-state index is -1.30. The van der Waals surface area contributed by atoms with Gasteiger partial charge in [0.2, 0.25) is 0 Å². The van der Waals surface area contributed by atoms with E-state index in [1.54, 1.807) is 0 Å². The zero-order valence-electron chi connectivity index (χ0n) is 15.0. The highest BCUT2D eigenvalue weighted by Crippen LogP contribution is 2.32. The summed E-state index contributed by atoms with van der Waals surface area (Å²) < 4.78 is 6.90. The predicted molar refractivity (Wildman–Crippen MR) is 95.7 cm³/mol. The molecule has 5 atom stereocenters. The number of anilines is 1. The van der Waals surface area contributed by atoms with Gasteiger partial charge in [-0.1, -0.05) is 0 Å². The number of nitrogens with one attached hydrogen (secondary N) is 2. The lowest BCUT2D eigenvalue weighted by molar-refractivity contribution is -0.137. The Morgan fingerprint density at radius 1 is 1.31 bits per heavy atom. The Labute approximate surface area is 163 Å². The molecule has 0 saturated carbocycles. The van der Waals surface area contributed by atoms with Crippen molar-refractivity contribution < 1.29 is 30.0 Å². The summed E-state index contributed by atoms with van der Waals surface area (Å²) in [4.78, 5) is 30.8. The van der Waals surface area contributed by atoms with Gasteiger partial charge in [-0.2, -0.15) is 0 Å². The van der Waals surface area contributed by atoms with E-state index in [9.17, 15) is 25.2 Å². The van der Waals surface area contributed by atoms with Crippen LogP contribution >= 0.6 is 0 Å². The molecule has 0 spiro atoms. The third-order valence-electron chi connectivity index (χ3n) is 4.74. The van der Waals surface area contributed by atoms with Gasteiger partial charge in [0.15, 0.2) is 23.2 Å². The smallest absolute Gasteiger partial charge is 0.326 e. The van der Waals surface area contributed by atoms with E-state index in [1.807, 2.05) is 0 Å². The first-order chi connectivity index (χ1) is 14.0. The summed E-state index contributed by atoms with van der Waals surface area (Å²) in [6, 6.07) is -1.01. The molecule has 4 rings (SSSR count). The average Bonchev–Trinajstić information content (AvgIpc) is 3.42. The number of carboxylic acids is 1. The number of H-pyrrole nitrogens is 1. The summed E-state index contributed by atoms with van der Waals surface area (Å²) in [5.74, 6) is -0.901. The van der Waals surface area contributed by atoms with E-state index in [1.165, 1.54) is 29.7 Å². The van der Waals surface area contributed by atoms with Crippen LogP contribution in [0.2, 0.25) is 0 Å². The van der Waals surface area contributed by atoms with Crippen molar-refractivity contribution in [3.8, 4) is 0 Å². The second-order valence-electron chi connectivity index (χ2n) is 6.59. The highest BCUT2D eigenvalue weighted by Gasteiger charge is 2.44. The number of fused-ring (bicyclic) bond motifs is 1. The zero-order chi connectivity index (χ0) is 20.5. The number of ether oxygens (including phenoxy) is 1. The van der Waals surface area contributed by atoms with E-state index >= 15 is 0 Å². The number of nitrogens with zero attached hydrogens (tertiary/aromatic N) is 5. The number of aliphatic hydroxyl groups excluding tert-OH is 3. The summed E-state index contributed by atoms with van der Waals surface area (Å²) >= 11 is 0. The van der Waals surface area contributed by atoms with Crippen molar-refractivity contribution in [1.29, 1.82) is 0 Å². The fraction of sp³-hybridized carbons (Fsp3) is 0.438. The fourth-order valence-corrected chi connectivity index (χ4v) is 3.23. The summed E-state index contributed by atoms with van der Waals surface area (Å²) in [7, 11) is 0. The van der Waals surface area contributed by atoms with Gasteiger partial charge in [-0.3, -0.25) is 4.57 Å². The van der Waals surface area contributed by atoms with Gasteiger partial charge in [-0.05, 0) is 0 Å². The van der Waals surface area contributed by atoms with Crippen LogP contribution in [0, 0.1) is 0 Å². The molecule has 13 nitrogen and oxygen atoms in total. The van der Waals surface area contributed by atoms with E-state index in [0.29, 0.717) is 5.69 Å². The predicted octanol–water partition coefficient (Wildman–Crippen LogP) is -1.73. The molecule has 3 aromatic heterocycles. The number of aliphatic carboxylic acids is 1. The van der Waals surface area contributed by atoms with Crippen molar-refractivity contribution in [2.45, 2.75) is 37.0 Å². The maximum Gasteiger partial charge on any atom is 0.326 e. The number of carbonyl (C=O) groups is 1. The summed E-state index contributed by atoms with van der Waals surface area (Å²) in [5.41, 5.74) is 1.16. The Morgan fingerprint density at radius 2 is 2.14 bits per heavy atom. The number of hydrogen-bond acceptors (Lipinski definition) is 10. The van der Waals surface area contributed by atoms with Crippen LogP contribution in [0.3, 0.4) is 0 Å². The largest absolute Gasteiger partial charge is 0.480 e. The molecule has 13 heteroatoms. The lowest BCUT2D eigenvalue weighted by Crippen LogP contribution is -2.33. The second kappa shape index (κ2) is 7.71. The van der Waals surface area contributed by atoms with Gasteiger partial charge in [0.1, 0.15) is 30.7 Å². The Bertz CT molecular complexity index is 993. The van der Waals surface area contributed by atoms with Crippen LogP contribution in [-0.4, -0.2) is 86.8 Å². The molecule has 1 fully saturated rings. The Balaban J connectivity index is 1.63. The first-order valence-corrected chi connectivity index (χ1v) is 8.76. The molecule has 1 unspecified atom stereocenters. The lowest BCUT2D eigenvalue weighted by atomic mass is 10.1. The van der Waals surface area contributed by atoms with Crippen molar-refractivity contribution in [2.24, 2.45) is 0 Å². The Kier molecular flexibility index (Phi) is 5.10. The molecule has 0 aliphatic carbocycles. The summed E-state index contributed by atoms with van der Waals surface area (Å²) in [5, 5.41) is 41.8. The van der Waals surface area contributed by atoms with Gasteiger partial charge in [0.25, 0.3) is 0 Å². The highest BCUT2D eigenvalue weighted by atomic mass is 16.6. The number of hydrogen-bond donors (Lipinski definition) is 6. The average molecular weight is 405 g/mol. The third-order valence-corrected chi connectivity index (χ3v) is 4.74. The van der Waals surface area contributed by atoms with Crippen molar-refractivity contribution in [3.63, 3.8) is 0 Å². The van der Waals surface area contributed by atoms with Gasteiger partial charge in [0, 0.05) is 18.3 Å². The monoisotopic (exact) mass is 405 g/mol. The molecular weight excluding hydrogens is 386 g/mol. The van der Waals surface area contributed by atoms with Crippen LogP contribution in [0.25, 0.3) is 11.2 Å². The molecule has 29 heavy (non-hydrogen) atoms. The molecule has 1 aliphatic rings. The molecule has 1 aliphatic heterocycles. The fourth-order valence-electron chi connectivity index (χ4n) is 3.23. The normalized spacial score (nSPS) is 25.3. The summed E-state index contributed by atoms with van der Waals surface area (Å²) in [6.07, 6.45) is 1.15. The first kappa shape index (κ1) is 19.2. The van der Waals surface area contributed by atoms with Crippen molar-refractivity contribution >= 4 is 23.0 Å². The molecule has 1 saturated heterocycles. The van der Waals surface area contributed by atoms with Crippen LogP contribution in [0.15, 0.2) is 25.2 Å². The van der Waals surface area contributed by atoms with Crippen LogP contribution in [0.4, 0.5) is 5.82 Å². The van der Waals surface area contributed by atoms with E-state index in [2.05, 4.69) is 30.2 Å². The van der Waals surface area contributed by atoms with Gasteiger partial charge < -0.3 is 35.5 Å². The SMILES string of the molecule is O=C(O)[C@H](Cc1cnc[nH]1)Nc1ncnc2c1ncn2[C@@H]1O[C@H](CO)[C@H](O)C1O. The van der Waals surface area contributed by atoms with E-state index < -0.39 is 43.2 Å². The number of aromatic amines is 1. The molecular formula is C16H19N7O6. The molecule has 0 aromatic carbocycles. The molecule has 4 heterocycles. The first-order valence-electron chi connectivity index (χ1n) is 8.76. The number of carboxylic acid groups (broad SMARTS) is 1. The van der Waals surface area contributed by atoms with Crippen molar-refractivity contribution in [2.75, 3.05) is 11.9 Å². The molecule has 0 amide bonds. The second-order valence-corrected chi connectivity index (χ2v) is 6.59. The van der Waals surface area contributed by atoms with E-state index in [-0.39, 0.29) is 23.4 Å². The molecule has 3 aromatic rings. The number of imidazole rings is 2. The number of aliphatic hydroxyl groups is 3. The van der Waals surface area contributed by atoms with Crippen LogP contribution in [0.5, 0.6) is 0 Å². The standard InChI is InChI=1S/C16H19N7O6/c24-3-9-11(25)12(26)15(29-9)23-6-21-10-13(19-5-20-14(10)23)22-8(16(27)28)1-7-2-17-4-18-7/h2,4-6,8-9,11-12,15,24-26H,1,3H2,(H,17,18)(H,27,28)(H,19,20,22)/t8-,9+,11-,12?,15+/m0/s1. The van der Waals surface area contributed by atoms with E-state index in [4.69, 9.17) is 4.74 Å². The van der Waals surface area contributed by atoms with Crippen LogP contribution < -0.4 is 5.32 Å². The molecule has 0 radical (unpaired) electrons. The van der Waals surface area contributed by atoms with Crippen molar-refractivity contribution in [1.82, 2.24) is 29.5 Å². The lowest BCUT2D eigenvalue weighted by Gasteiger charge is -2.17. The van der Waals surface area contributed by atoms with Gasteiger partial charge in [0.05, 0.1) is 19.3 Å². The quantitative estimate of drug-likeness (QED) is 0.262. The zero-order valence-corrected chi connectivity index (χ0v) is 15.0. The van der Waals surface area contributed by atoms with Gasteiger partial charge in [-0.25, -0.2) is 24.7 Å².